The van der Waals surface area contributed by atoms with E-state index in [4.69, 9.17) is 5.73 Å². The zero-order chi connectivity index (χ0) is 10.0. The van der Waals surface area contributed by atoms with Gasteiger partial charge in [-0.3, -0.25) is 4.98 Å². The molecule has 1 saturated carbocycles. The second-order valence-electron chi connectivity index (χ2n) is 4.12. The molecule has 14 heavy (non-hydrogen) atoms. The van der Waals surface area contributed by atoms with Gasteiger partial charge in [0.15, 0.2) is 0 Å². The van der Waals surface area contributed by atoms with Crippen molar-refractivity contribution in [3.05, 3.63) is 30.1 Å². The summed E-state index contributed by atoms with van der Waals surface area (Å²) in [6, 6.07) is 3.98. The Morgan fingerprint density at radius 1 is 1.64 bits per heavy atom. The Morgan fingerprint density at radius 2 is 2.50 bits per heavy atom. The lowest BCUT2D eigenvalue weighted by atomic mass is 9.80. The monoisotopic (exact) mass is 192 g/mol. The van der Waals surface area contributed by atoms with Crippen molar-refractivity contribution < 1.29 is 5.11 Å². The average molecular weight is 192 g/mol. The summed E-state index contributed by atoms with van der Waals surface area (Å²) in [5, 5.41) is 9.58. The van der Waals surface area contributed by atoms with Gasteiger partial charge >= 0.3 is 0 Å². The maximum atomic E-state index is 9.58. The van der Waals surface area contributed by atoms with Crippen LogP contribution in [0.25, 0.3) is 0 Å². The summed E-state index contributed by atoms with van der Waals surface area (Å²) >= 11 is 0. The highest BCUT2D eigenvalue weighted by Crippen LogP contribution is 2.39. The van der Waals surface area contributed by atoms with E-state index in [1.54, 1.807) is 6.20 Å². The van der Waals surface area contributed by atoms with E-state index in [-0.39, 0.29) is 11.5 Å². The van der Waals surface area contributed by atoms with Gasteiger partial charge in [-0.05, 0) is 30.9 Å². The van der Waals surface area contributed by atoms with Gasteiger partial charge in [0.2, 0.25) is 0 Å². The molecule has 2 atom stereocenters. The number of hydrogen-bond donors (Lipinski definition) is 2. The molecule has 0 aliphatic heterocycles. The van der Waals surface area contributed by atoms with Gasteiger partial charge in [-0.2, -0.15) is 0 Å². The van der Waals surface area contributed by atoms with Gasteiger partial charge < -0.3 is 10.8 Å². The largest absolute Gasteiger partial charge is 0.393 e. The number of aromatic nitrogens is 1. The number of aliphatic hydroxyl groups is 1. The van der Waals surface area contributed by atoms with Crippen molar-refractivity contribution in [3.63, 3.8) is 0 Å². The van der Waals surface area contributed by atoms with Gasteiger partial charge in [-0.25, -0.2) is 0 Å². The first-order chi connectivity index (χ1) is 6.77. The predicted octanol–water partition coefficient (Wildman–Crippen LogP) is 0.823. The smallest absolute Gasteiger partial charge is 0.0549 e. The van der Waals surface area contributed by atoms with Gasteiger partial charge in [0.05, 0.1) is 6.10 Å². The third kappa shape index (κ3) is 1.53. The van der Waals surface area contributed by atoms with Crippen molar-refractivity contribution in [2.24, 2.45) is 5.73 Å². The lowest BCUT2D eigenvalue weighted by Gasteiger charge is -2.27. The molecule has 76 valence electrons. The summed E-state index contributed by atoms with van der Waals surface area (Å²) in [4.78, 5) is 4.11. The van der Waals surface area contributed by atoms with Gasteiger partial charge in [0.25, 0.3) is 0 Å². The summed E-state index contributed by atoms with van der Waals surface area (Å²) in [6.07, 6.45) is 6.03. The molecule has 1 aromatic rings. The molecule has 0 amide bonds. The minimum absolute atomic E-state index is 0.0341. The highest BCUT2D eigenvalue weighted by atomic mass is 16.3. The van der Waals surface area contributed by atoms with Crippen LogP contribution >= 0.6 is 0 Å². The van der Waals surface area contributed by atoms with Gasteiger partial charge in [-0.15, -0.1) is 0 Å². The minimum atomic E-state index is -0.196. The number of nitrogens with zero attached hydrogens (tertiary/aromatic N) is 1. The first-order valence-corrected chi connectivity index (χ1v) is 5.05. The van der Waals surface area contributed by atoms with Crippen molar-refractivity contribution >= 4 is 0 Å². The van der Waals surface area contributed by atoms with E-state index >= 15 is 0 Å². The Morgan fingerprint density at radius 3 is 3.00 bits per heavy atom. The third-order valence-corrected chi connectivity index (χ3v) is 3.25. The predicted molar refractivity (Wildman–Crippen MR) is 54.8 cm³/mol. The molecule has 1 fully saturated rings. The molecule has 0 radical (unpaired) electrons. The third-order valence-electron chi connectivity index (χ3n) is 3.25. The van der Waals surface area contributed by atoms with E-state index in [9.17, 15) is 5.11 Å². The van der Waals surface area contributed by atoms with Crippen LogP contribution in [0.2, 0.25) is 0 Å². The Kier molecular flexibility index (Phi) is 2.52. The number of rotatable bonds is 2. The van der Waals surface area contributed by atoms with Crippen LogP contribution in [0.5, 0.6) is 0 Å². The van der Waals surface area contributed by atoms with Crippen molar-refractivity contribution in [2.75, 3.05) is 6.54 Å². The summed E-state index contributed by atoms with van der Waals surface area (Å²) in [5.74, 6) is 0. The second kappa shape index (κ2) is 3.67. The van der Waals surface area contributed by atoms with E-state index < -0.39 is 0 Å². The van der Waals surface area contributed by atoms with Gasteiger partial charge in [0.1, 0.15) is 0 Å². The molecule has 1 aliphatic rings. The molecule has 3 nitrogen and oxygen atoms in total. The fraction of sp³-hybridized carbons (Fsp3) is 0.545. The summed E-state index contributed by atoms with van der Waals surface area (Å²) in [7, 11) is 0. The Labute approximate surface area is 84.0 Å². The molecule has 2 rings (SSSR count). The van der Waals surface area contributed by atoms with Crippen LogP contribution in [0.15, 0.2) is 24.5 Å². The Hall–Kier alpha value is -0.930. The molecule has 3 heteroatoms. The summed E-state index contributed by atoms with van der Waals surface area (Å²) in [5.41, 5.74) is 6.96. The van der Waals surface area contributed by atoms with Crippen molar-refractivity contribution in [1.29, 1.82) is 0 Å². The molecule has 0 spiro atoms. The lowest BCUT2D eigenvalue weighted by Crippen LogP contribution is -2.33. The normalized spacial score (nSPS) is 32.0. The number of aliphatic hydroxyl groups excluding tert-OH is 1. The van der Waals surface area contributed by atoms with Crippen molar-refractivity contribution in [3.8, 4) is 0 Å². The highest BCUT2D eigenvalue weighted by molar-refractivity contribution is 5.24. The molecular weight excluding hydrogens is 176 g/mol. The molecule has 2 unspecified atom stereocenters. The maximum absolute atomic E-state index is 9.58. The second-order valence-corrected chi connectivity index (χ2v) is 4.12. The van der Waals surface area contributed by atoms with Crippen LogP contribution < -0.4 is 5.73 Å². The minimum Gasteiger partial charge on any atom is -0.393 e. The number of hydrogen-bond acceptors (Lipinski definition) is 3. The van der Waals surface area contributed by atoms with E-state index in [1.165, 1.54) is 5.56 Å². The van der Waals surface area contributed by atoms with Crippen LogP contribution in [-0.2, 0) is 5.41 Å². The topological polar surface area (TPSA) is 59.1 Å². The van der Waals surface area contributed by atoms with Crippen LogP contribution in [0.3, 0.4) is 0 Å². The molecule has 0 saturated heterocycles. The van der Waals surface area contributed by atoms with Crippen LogP contribution in [0.1, 0.15) is 24.8 Å². The maximum Gasteiger partial charge on any atom is 0.0549 e. The van der Waals surface area contributed by atoms with E-state index in [2.05, 4.69) is 11.1 Å². The van der Waals surface area contributed by atoms with Crippen molar-refractivity contribution in [2.45, 2.75) is 30.8 Å². The zero-order valence-electron chi connectivity index (χ0n) is 8.19. The molecule has 1 heterocycles. The standard InChI is InChI=1S/C11H16N2O/c12-8-11(4-3-10(14)6-11)9-2-1-5-13-7-9/h1-2,5,7,10,14H,3-4,6,8,12H2. The summed E-state index contributed by atoms with van der Waals surface area (Å²) < 4.78 is 0. The van der Waals surface area contributed by atoms with E-state index in [0.29, 0.717) is 6.54 Å². The van der Waals surface area contributed by atoms with E-state index in [1.807, 2.05) is 12.3 Å². The fourth-order valence-corrected chi connectivity index (χ4v) is 2.34. The van der Waals surface area contributed by atoms with E-state index in [0.717, 1.165) is 19.3 Å². The number of pyridine rings is 1. The molecule has 1 aromatic heterocycles. The van der Waals surface area contributed by atoms with Crippen LogP contribution in [0, 0.1) is 0 Å². The molecule has 1 aliphatic carbocycles. The molecular formula is C11H16N2O. The van der Waals surface area contributed by atoms with Crippen molar-refractivity contribution in [1.82, 2.24) is 4.98 Å². The zero-order valence-corrected chi connectivity index (χ0v) is 8.19. The summed E-state index contributed by atoms with van der Waals surface area (Å²) in [6.45, 7) is 0.593. The van der Waals surface area contributed by atoms with Gasteiger partial charge in [0, 0.05) is 24.4 Å². The Bertz CT molecular complexity index is 301. The fourth-order valence-electron chi connectivity index (χ4n) is 2.34. The molecule has 0 aromatic carbocycles. The van der Waals surface area contributed by atoms with Gasteiger partial charge in [-0.1, -0.05) is 6.07 Å². The van der Waals surface area contributed by atoms with Crippen LogP contribution in [-0.4, -0.2) is 22.7 Å². The SMILES string of the molecule is NCC1(c2cccnc2)CCC(O)C1. The average Bonchev–Trinajstić information content (AvgIpc) is 2.63. The molecule has 3 N–H and O–H groups in total. The molecule has 0 bridgehead atoms. The Balaban J connectivity index is 2.30. The first kappa shape index (κ1) is 9.62. The number of nitrogens with two attached hydrogens (primary N) is 1. The highest BCUT2D eigenvalue weighted by Gasteiger charge is 2.38. The van der Waals surface area contributed by atoms with Crippen LogP contribution in [0.4, 0.5) is 0 Å². The first-order valence-electron chi connectivity index (χ1n) is 5.05. The lowest BCUT2D eigenvalue weighted by molar-refractivity contribution is 0.174. The quantitative estimate of drug-likeness (QED) is 0.729.